The molecule has 1 heterocycles. The van der Waals surface area contributed by atoms with Gasteiger partial charge in [-0.1, -0.05) is 12.1 Å². The summed E-state index contributed by atoms with van der Waals surface area (Å²) in [5, 5.41) is 15.3. The van der Waals surface area contributed by atoms with Gasteiger partial charge in [-0.15, -0.1) is 0 Å². The van der Waals surface area contributed by atoms with Gasteiger partial charge in [0.15, 0.2) is 11.2 Å². The molecule has 156 valence electrons. The van der Waals surface area contributed by atoms with Gasteiger partial charge in [0.1, 0.15) is 5.75 Å². The minimum atomic E-state index is -0.401. The normalized spacial score (nSPS) is 11.6. The molecule has 0 aliphatic heterocycles. The molecule has 0 atom stereocenters. The minimum Gasteiger partial charge on any atom is -0.508 e. The van der Waals surface area contributed by atoms with E-state index in [1.807, 2.05) is 42.7 Å². The zero-order valence-electron chi connectivity index (χ0n) is 17.3. The van der Waals surface area contributed by atoms with Crippen LogP contribution in [0.5, 0.6) is 5.75 Å². The molecule has 0 fully saturated rings. The van der Waals surface area contributed by atoms with Gasteiger partial charge in [-0.25, -0.2) is 4.98 Å². The van der Waals surface area contributed by atoms with Crippen LogP contribution in [0.1, 0.15) is 27.2 Å². The van der Waals surface area contributed by atoms with Gasteiger partial charge in [-0.3, -0.25) is 9.59 Å². The number of carbonyl (C=O) groups excluding carboxylic acids is 2. The van der Waals surface area contributed by atoms with Crippen LogP contribution in [0.25, 0.3) is 11.0 Å². The number of phenolic OH excluding ortho intramolecular Hbond substituents is 1. The topological polar surface area (TPSA) is 109 Å². The largest absolute Gasteiger partial charge is 0.508 e. The van der Waals surface area contributed by atoms with Crippen LogP contribution in [0.2, 0.25) is 0 Å². The smallest absolute Gasteiger partial charge is 0.273 e. The average molecular weight is 407 g/mol. The van der Waals surface area contributed by atoms with Gasteiger partial charge in [0.2, 0.25) is 6.41 Å². The molecule has 0 aliphatic rings. The summed E-state index contributed by atoms with van der Waals surface area (Å²) in [6.45, 7) is 5.67. The fourth-order valence-corrected chi connectivity index (χ4v) is 3.22. The summed E-state index contributed by atoms with van der Waals surface area (Å²) in [4.78, 5) is 32.0. The minimum absolute atomic E-state index is 0.110. The van der Waals surface area contributed by atoms with Crippen molar-refractivity contribution in [1.82, 2.24) is 20.2 Å². The molecular weight excluding hydrogens is 382 g/mol. The Morgan fingerprint density at radius 1 is 1.20 bits per heavy atom. The lowest BCUT2D eigenvalue weighted by atomic mass is 10.1. The van der Waals surface area contributed by atoms with Gasteiger partial charge in [0.05, 0.1) is 11.0 Å². The summed E-state index contributed by atoms with van der Waals surface area (Å²) in [6.07, 6.45) is 0.427. The first-order valence-electron chi connectivity index (χ1n) is 9.64. The Morgan fingerprint density at radius 3 is 2.57 bits per heavy atom. The van der Waals surface area contributed by atoms with E-state index < -0.39 is 5.91 Å². The predicted molar refractivity (Wildman–Crippen MR) is 114 cm³/mol. The number of aryl methyl sites for hydroxylation is 2. The zero-order valence-corrected chi connectivity index (χ0v) is 17.3. The van der Waals surface area contributed by atoms with E-state index in [0.717, 1.165) is 22.2 Å². The van der Waals surface area contributed by atoms with Gasteiger partial charge in [0.25, 0.3) is 5.91 Å². The van der Waals surface area contributed by atoms with E-state index in [-0.39, 0.29) is 16.9 Å². The van der Waals surface area contributed by atoms with Crippen LogP contribution < -0.4 is 16.1 Å². The molecule has 0 bridgehead atoms. The molecule has 8 heteroatoms. The van der Waals surface area contributed by atoms with Crippen molar-refractivity contribution < 1.29 is 14.7 Å². The molecule has 3 rings (SSSR count). The lowest BCUT2D eigenvalue weighted by Crippen LogP contribution is -2.36. The third-order valence-corrected chi connectivity index (χ3v) is 4.98. The van der Waals surface area contributed by atoms with Crippen molar-refractivity contribution in [2.24, 2.45) is 4.99 Å². The van der Waals surface area contributed by atoms with E-state index in [9.17, 15) is 14.7 Å². The van der Waals surface area contributed by atoms with Crippen molar-refractivity contribution in [3.63, 3.8) is 0 Å². The SMILES string of the molecule is CNC(=O)c1nc2cc(C)c(C)cc2n(CCNCc2ccc(O)cc2)c1=NC=O. The van der Waals surface area contributed by atoms with Crippen LogP contribution in [0.4, 0.5) is 0 Å². The van der Waals surface area contributed by atoms with Gasteiger partial charge < -0.3 is 20.3 Å². The number of hydrogen-bond acceptors (Lipinski definition) is 5. The molecule has 0 saturated heterocycles. The van der Waals surface area contributed by atoms with E-state index >= 15 is 0 Å². The highest BCUT2D eigenvalue weighted by molar-refractivity contribution is 5.93. The van der Waals surface area contributed by atoms with Gasteiger partial charge in [0, 0.05) is 26.7 Å². The lowest BCUT2D eigenvalue weighted by molar-refractivity contribution is -0.107. The van der Waals surface area contributed by atoms with Crippen LogP contribution in [-0.2, 0) is 17.9 Å². The van der Waals surface area contributed by atoms with Crippen LogP contribution in [-0.4, -0.2) is 40.6 Å². The summed E-state index contributed by atoms with van der Waals surface area (Å²) >= 11 is 0. The van der Waals surface area contributed by atoms with E-state index in [1.54, 1.807) is 12.1 Å². The van der Waals surface area contributed by atoms with E-state index in [1.165, 1.54) is 7.05 Å². The Kier molecular flexibility index (Phi) is 6.58. The number of aromatic nitrogens is 2. The third-order valence-electron chi connectivity index (χ3n) is 4.98. The number of aromatic hydroxyl groups is 1. The van der Waals surface area contributed by atoms with E-state index in [0.29, 0.717) is 31.6 Å². The molecule has 30 heavy (non-hydrogen) atoms. The summed E-state index contributed by atoms with van der Waals surface area (Å²) in [6, 6.07) is 10.9. The molecular formula is C22H25N5O3. The second-order valence-corrected chi connectivity index (χ2v) is 7.02. The standard InChI is InChI=1S/C22H25N5O3/c1-14-10-18-19(11-15(14)2)27(21(25-13-28)20(26-18)22(30)23-3)9-8-24-12-16-4-6-17(29)7-5-16/h4-7,10-11,13,24,29H,8-9,12H2,1-3H3,(H,23,30). The summed E-state index contributed by atoms with van der Waals surface area (Å²) < 4.78 is 1.84. The molecule has 0 spiro atoms. The van der Waals surface area contributed by atoms with E-state index in [2.05, 4.69) is 20.6 Å². The molecule has 2 amide bonds. The zero-order chi connectivity index (χ0) is 21.7. The van der Waals surface area contributed by atoms with Gasteiger partial charge in [-0.2, -0.15) is 4.99 Å². The second kappa shape index (κ2) is 9.32. The molecule has 1 aromatic heterocycles. The van der Waals surface area contributed by atoms with Crippen LogP contribution in [0.3, 0.4) is 0 Å². The van der Waals surface area contributed by atoms with Crippen LogP contribution in [0.15, 0.2) is 41.4 Å². The Balaban J connectivity index is 1.99. The second-order valence-electron chi connectivity index (χ2n) is 7.02. The maximum Gasteiger partial charge on any atom is 0.273 e. The molecule has 0 aliphatic carbocycles. The van der Waals surface area contributed by atoms with Crippen molar-refractivity contribution in [2.75, 3.05) is 13.6 Å². The average Bonchev–Trinajstić information content (AvgIpc) is 2.74. The van der Waals surface area contributed by atoms with Crippen molar-refractivity contribution in [2.45, 2.75) is 26.9 Å². The van der Waals surface area contributed by atoms with Crippen molar-refractivity contribution in [3.05, 3.63) is 64.3 Å². The Labute approximate surface area is 174 Å². The third kappa shape index (κ3) is 4.55. The first kappa shape index (κ1) is 21.2. The summed E-state index contributed by atoms with van der Waals surface area (Å²) in [7, 11) is 1.52. The number of phenols is 1. The Bertz CT molecular complexity index is 1150. The fraction of sp³-hybridized carbons (Fsp3) is 0.273. The number of nitrogens with zero attached hydrogens (tertiary/aromatic N) is 3. The highest BCUT2D eigenvalue weighted by atomic mass is 16.3. The van der Waals surface area contributed by atoms with Gasteiger partial charge in [-0.05, 0) is 54.8 Å². The first-order valence-corrected chi connectivity index (χ1v) is 9.64. The Morgan fingerprint density at radius 2 is 1.90 bits per heavy atom. The molecule has 2 aromatic carbocycles. The van der Waals surface area contributed by atoms with Crippen molar-refractivity contribution in [1.29, 1.82) is 0 Å². The monoisotopic (exact) mass is 407 g/mol. The number of benzene rings is 2. The number of rotatable bonds is 7. The van der Waals surface area contributed by atoms with E-state index in [4.69, 9.17) is 0 Å². The molecule has 0 unspecified atom stereocenters. The van der Waals surface area contributed by atoms with Crippen LogP contribution in [0, 0.1) is 13.8 Å². The number of fused-ring (bicyclic) bond motifs is 1. The maximum atomic E-state index is 12.4. The quantitative estimate of drug-likeness (QED) is 0.407. The number of carbonyl (C=O) groups is 2. The molecule has 0 radical (unpaired) electrons. The van der Waals surface area contributed by atoms with Crippen LogP contribution >= 0.6 is 0 Å². The fourth-order valence-electron chi connectivity index (χ4n) is 3.22. The molecule has 8 nitrogen and oxygen atoms in total. The first-order chi connectivity index (χ1) is 14.4. The summed E-state index contributed by atoms with van der Waals surface area (Å²) in [5.74, 6) is -0.174. The van der Waals surface area contributed by atoms with Crippen molar-refractivity contribution in [3.8, 4) is 5.75 Å². The highest BCUT2D eigenvalue weighted by Gasteiger charge is 2.16. The molecule has 3 N–H and O–H groups in total. The number of hydrogen-bond donors (Lipinski definition) is 3. The molecule has 3 aromatic rings. The molecule has 0 saturated carbocycles. The van der Waals surface area contributed by atoms with Crippen molar-refractivity contribution >= 4 is 23.4 Å². The number of amides is 2. The summed E-state index contributed by atoms with van der Waals surface area (Å²) in [5.41, 5.74) is 4.99. The highest BCUT2D eigenvalue weighted by Crippen LogP contribution is 2.17. The Hall–Kier alpha value is -3.52. The maximum absolute atomic E-state index is 12.4. The van der Waals surface area contributed by atoms with Gasteiger partial charge >= 0.3 is 0 Å². The lowest BCUT2D eigenvalue weighted by Gasteiger charge is -2.16. The number of nitrogens with one attached hydrogen (secondary N) is 2. The predicted octanol–water partition coefficient (Wildman–Crippen LogP) is 1.57.